The standard InChI is InChI=1S/C15H29N5O/c1-15(4-3-9-21-15)12-18-14(16-2)17-10-13-11-19-5-7-20(13)8-6-19/h13H,3-12H2,1-2H3,(H2,16,17,18). The summed E-state index contributed by atoms with van der Waals surface area (Å²) in [5, 5.41) is 6.90. The van der Waals surface area contributed by atoms with E-state index in [0.717, 1.165) is 38.5 Å². The Hall–Kier alpha value is -0.850. The lowest BCUT2D eigenvalue weighted by atomic mass is 10.0. The largest absolute Gasteiger partial charge is 0.373 e. The molecule has 4 aliphatic heterocycles. The van der Waals surface area contributed by atoms with Crippen LogP contribution in [0, 0.1) is 0 Å². The van der Waals surface area contributed by atoms with Gasteiger partial charge in [0.15, 0.2) is 5.96 Å². The average molecular weight is 295 g/mol. The normalized spacial score (nSPS) is 39.5. The SMILES string of the molecule is CN=C(NCC1CN2CCN1CC2)NCC1(C)CCCO1. The van der Waals surface area contributed by atoms with E-state index < -0.39 is 0 Å². The van der Waals surface area contributed by atoms with Crippen molar-refractivity contribution in [2.75, 3.05) is 59.5 Å². The van der Waals surface area contributed by atoms with Gasteiger partial charge in [0.25, 0.3) is 0 Å². The highest BCUT2D eigenvalue weighted by Gasteiger charge is 2.32. The monoisotopic (exact) mass is 295 g/mol. The summed E-state index contributed by atoms with van der Waals surface area (Å²) in [4.78, 5) is 9.50. The van der Waals surface area contributed by atoms with Gasteiger partial charge in [-0.15, -0.1) is 0 Å². The van der Waals surface area contributed by atoms with Crippen molar-refractivity contribution in [1.29, 1.82) is 0 Å². The fraction of sp³-hybridized carbons (Fsp3) is 0.933. The fourth-order valence-electron chi connectivity index (χ4n) is 3.60. The Morgan fingerprint density at radius 2 is 2.10 bits per heavy atom. The fourth-order valence-corrected chi connectivity index (χ4v) is 3.60. The molecule has 4 aliphatic rings. The Balaban J connectivity index is 1.42. The number of ether oxygens (including phenoxy) is 1. The Morgan fingerprint density at radius 3 is 2.67 bits per heavy atom. The van der Waals surface area contributed by atoms with E-state index in [-0.39, 0.29) is 5.60 Å². The van der Waals surface area contributed by atoms with Crippen LogP contribution in [0.2, 0.25) is 0 Å². The second-order valence-corrected chi connectivity index (χ2v) is 6.70. The van der Waals surface area contributed by atoms with Crippen molar-refractivity contribution in [3.8, 4) is 0 Å². The summed E-state index contributed by atoms with van der Waals surface area (Å²) in [7, 11) is 1.84. The van der Waals surface area contributed by atoms with Gasteiger partial charge >= 0.3 is 0 Å². The number of fused-ring (bicyclic) bond motifs is 3. The van der Waals surface area contributed by atoms with Crippen LogP contribution < -0.4 is 10.6 Å². The zero-order valence-corrected chi connectivity index (χ0v) is 13.4. The van der Waals surface area contributed by atoms with Crippen LogP contribution in [-0.2, 0) is 4.74 Å². The van der Waals surface area contributed by atoms with Gasteiger partial charge in [-0.3, -0.25) is 14.8 Å². The molecule has 0 spiro atoms. The van der Waals surface area contributed by atoms with Crippen molar-refractivity contribution < 1.29 is 4.74 Å². The molecule has 4 fully saturated rings. The first-order chi connectivity index (χ1) is 10.2. The van der Waals surface area contributed by atoms with Crippen LogP contribution in [0.3, 0.4) is 0 Å². The highest BCUT2D eigenvalue weighted by molar-refractivity contribution is 5.79. The van der Waals surface area contributed by atoms with Crippen LogP contribution in [0.25, 0.3) is 0 Å². The number of guanidine groups is 1. The molecule has 4 heterocycles. The molecule has 0 aromatic carbocycles. The van der Waals surface area contributed by atoms with Crippen molar-refractivity contribution in [3.05, 3.63) is 0 Å². The molecule has 4 rings (SSSR count). The summed E-state index contributed by atoms with van der Waals surface area (Å²) in [6.07, 6.45) is 2.29. The lowest BCUT2D eigenvalue weighted by Gasteiger charge is -2.47. The molecule has 0 amide bonds. The maximum absolute atomic E-state index is 5.81. The molecule has 0 radical (unpaired) electrons. The molecule has 0 aromatic heterocycles. The molecule has 2 N–H and O–H groups in total. The van der Waals surface area contributed by atoms with Gasteiger partial charge in [-0.25, -0.2) is 0 Å². The molecule has 2 bridgehead atoms. The van der Waals surface area contributed by atoms with Gasteiger partial charge in [0.05, 0.1) is 5.60 Å². The number of rotatable bonds is 4. The lowest BCUT2D eigenvalue weighted by Crippen LogP contribution is -2.64. The molecule has 0 saturated carbocycles. The van der Waals surface area contributed by atoms with E-state index >= 15 is 0 Å². The van der Waals surface area contributed by atoms with Gasteiger partial charge < -0.3 is 15.4 Å². The molecular weight excluding hydrogens is 266 g/mol. The number of hydrogen-bond acceptors (Lipinski definition) is 4. The number of nitrogens with one attached hydrogen (secondary N) is 2. The van der Waals surface area contributed by atoms with Gasteiger partial charge in [-0.2, -0.15) is 0 Å². The lowest BCUT2D eigenvalue weighted by molar-refractivity contribution is 0.0150. The van der Waals surface area contributed by atoms with E-state index in [1.54, 1.807) is 0 Å². The van der Waals surface area contributed by atoms with Gasteiger partial charge in [0.1, 0.15) is 0 Å². The molecule has 0 aliphatic carbocycles. The summed E-state index contributed by atoms with van der Waals surface area (Å²) >= 11 is 0. The minimum absolute atomic E-state index is 0.0310. The van der Waals surface area contributed by atoms with Crippen LogP contribution in [0.5, 0.6) is 0 Å². The summed E-state index contributed by atoms with van der Waals surface area (Å²) in [5.41, 5.74) is -0.0310. The molecule has 4 saturated heterocycles. The van der Waals surface area contributed by atoms with E-state index in [0.29, 0.717) is 6.04 Å². The number of piperazine rings is 3. The molecule has 21 heavy (non-hydrogen) atoms. The summed E-state index contributed by atoms with van der Waals surface area (Å²) < 4.78 is 5.81. The van der Waals surface area contributed by atoms with Crippen LogP contribution in [-0.4, -0.2) is 86.9 Å². The predicted octanol–water partition coefficient (Wildman–Crippen LogP) is -0.280. The second-order valence-electron chi connectivity index (χ2n) is 6.70. The summed E-state index contributed by atoms with van der Waals surface area (Å²) in [5.74, 6) is 0.893. The van der Waals surface area contributed by atoms with E-state index in [2.05, 4.69) is 32.3 Å². The van der Waals surface area contributed by atoms with Crippen molar-refractivity contribution in [3.63, 3.8) is 0 Å². The molecule has 6 heteroatoms. The van der Waals surface area contributed by atoms with E-state index in [9.17, 15) is 0 Å². The Labute approximate surface area is 127 Å². The predicted molar refractivity (Wildman–Crippen MR) is 84.8 cm³/mol. The molecule has 0 aromatic rings. The van der Waals surface area contributed by atoms with Gasteiger partial charge in [0.2, 0.25) is 0 Å². The third-order valence-corrected chi connectivity index (χ3v) is 5.05. The van der Waals surface area contributed by atoms with E-state index in [1.807, 2.05) is 7.05 Å². The number of hydrogen-bond donors (Lipinski definition) is 2. The Morgan fingerprint density at radius 1 is 1.29 bits per heavy atom. The van der Waals surface area contributed by atoms with Crippen molar-refractivity contribution in [2.24, 2.45) is 4.99 Å². The molecule has 2 atom stereocenters. The summed E-state index contributed by atoms with van der Waals surface area (Å²) in [6, 6.07) is 0.615. The minimum atomic E-state index is -0.0310. The van der Waals surface area contributed by atoms with Gasteiger partial charge in [-0.1, -0.05) is 0 Å². The first kappa shape index (κ1) is 15.1. The Bertz CT molecular complexity index is 372. The number of aliphatic imine (C=N–C) groups is 1. The highest BCUT2D eigenvalue weighted by atomic mass is 16.5. The van der Waals surface area contributed by atoms with Crippen molar-refractivity contribution in [1.82, 2.24) is 20.4 Å². The first-order valence-electron chi connectivity index (χ1n) is 8.23. The molecule has 6 nitrogen and oxygen atoms in total. The molecule has 2 unspecified atom stereocenters. The Kier molecular flexibility index (Phi) is 4.66. The second kappa shape index (κ2) is 6.50. The average Bonchev–Trinajstić information content (AvgIpc) is 2.96. The third-order valence-electron chi connectivity index (χ3n) is 5.05. The van der Waals surface area contributed by atoms with Crippen molar-refractivity contribution in [2.45, 2.75) is 31.4 Å². The minimum Gasteiger partial charge on any atom is -0.373 e. The quantitative estimate of drug-likeness (QED) is 0.552. The first-order valence-corrected chi connectivity index (χ1v) is 8.23. The maximum Gasteiger partial charge on any atom is 0.191 e. The van der Waals surface area contributed by atoms with Gasteiger partial charge in [-0.05, 0) is 19.8 Å². The van der Waals surface area contributed by atoms with Crippen LogP contribution in [0.4, 0.5) is 0 Å². The zero-order chi connectivity index (χ0) is 14.7. The molecule has 120 valence electrons. The molecular formula is C15H29N5O. The van der Waals surface area contributed by atoms with Crippen LogP contribution in [0.15, 0.2) is 4.99 Å². The zero-order valence-electron chi connectivity index (χ0n) is 13.4. The van der Waals surface area contributed by atoms with Crippen LogP contribution in [0.1, 0.15) is 19.8 Å². The summed E-state index contributed by atoms with van der Waals surface area (Å²) in [6.45, 7) is 10.9. The third kappa shape index (κ3) is 3.67. The maximum atomic E-state index is 5.81. The smallest absolute Gasteiger partial charge is 0.191 e. The number of nitrogens with zero attached hydrogens (tertiary/aromatic N) is 3. The van der Waals surface area contributed by atoms with Crippen LogP contribution >= 0.6 is 0 Å². The van der Waals surface area contributed by atoms with Gasteiger partial charge in [0, 0.05) is 65.5 Å². The topological polar surface area (TPSA) is 52.1 Å². The van der Waals surface area contributed by atoms with E-state index in [4.69, 9.17) is 4.74 Å². The highest BCUT2D eigenvalue weighted by Crippen LogP contribution is 2.23. The van der Waals surface area contributed by atoms with E-state index in [1.165, 1.54) is 32.7 Å². The van der Waals surface area contributed by atoms with Crippen molar-refractivity contribution >= 4 is 5.96 Å².